The molecule has 1 atom stereocenters. The van der Waals surface area contributed by atoms with Crippen molar-refractivity contribution in [1.29, 1.82) is 0 Å². The monoisotopic (exact) mass is 292 g/mol. The second-order valence-corrected chi connectivity index (χ2v) is 4.79. The maximum atomic E-state index is 11.7. The molecule has 3 N–H and O–H groups in total. The van der Waals surface area contributed by atoms with Crippen molar-refractivity contribution in [2.45, 2.75) is 32.2 Å². The van der Waals surface area contributed by atoms with E-state index in [4.69, 9.17) is 5.11 Å². The summed E-state index contributed by atoms with van der Waals surface area (Å²) < 4.78 is 0. The molecule has 114 valence electrons. The highest BCUT2D eigenvalue weighted by molar-refractivity contribution is 5.94. The summed E-state index contributed by atoms with van der Waals surface area (Å²) in [6.07, 6.45) is 0.652. The SMILES string of the molecule is CC(CC(=O)O)NC(=O)CCCNC(=O)c1ccccc1. The van der Waals surface area contributed by atoms with Gasteiger partial charge in [-0.15, -0.1) is 0 Å². The molecule has 0 heterocycles. The van der Waals surface area contributed by atoms with E-state index >= 15 is 0 Å². The van der Waals surface area contributed by atoms with E-state index in [0.717, 1.165) is 0 Å². The van der Waals surface area contributed by atoms with Crippen molar-refractivity contribution in [2.75, 3.05) is 6.54 Å². The molecule has 0 saturated carbocycles. The first-order valence-corrected chi connectivity index (χ1v) is 6.83. The van der Waals surface area contributed by atoms with Crippen LogP contribution in [0, 0.1) is 0 Å². The van der Waals surface area contributed by atoms with E-state index in [9.17, 15) is 14.4 Å². The molecular formula is C15H20N2O4. The van der Waals surface area contributed by atoms with Crippen LogP contribution in [0.1, 0.15) is 36.5 Å². The van der Waals surface area contributed by atoms with Crippen molar-refractivity contribution in [1.82, 2.24) is 10.6 Å². The molecule has 1 rings (SSSR count). The molecule has 0 aliphatic heterocycles. The van der Waals surface area contributed by atoms with Crippen molar-refractivity contribution in [3.05, 3.63) is 35.9 Å². The minimum atomic E-state index is -0.946. The van der Waals surface area contributed by atoms with Crippen LogP contribution in [-0.2, 0) is 9.59 Å². The molecule has 21 heavy (non-hydrogen) atoms. The fraction of sp³-hybridized carbons (Fsp3) is 0.400. The Morgan fingerprint density at radius 3 is 2.48 bits per heavy atom. The summed E-state index contributed by atoms with van der Waals surface area (Å²) >= 11 is 0. The van der Waals surface area contributed by atoms with Crippen molar-refractivity contribution in [3.8, 4) is 0 Å². The van der Waals surface area contributed by atoms with Crippen LogP contribution in [0.3, 0.4) is 0 Å². The van der Waals surface area contributed by atoms with E-state index in [1.807, 2.05) is 6.07 Å². The predicted octanol–water partition coefficient (Wildman–Crippen LogP) is 1.18. The van der Waals surface area contributed by atoms with Crippen LogP contribution < -0.4 is 10.6 Å². The normalized spacial score (nSPS) is 11.5. The summed E-state index contributed by atoms with van der Waals surface area (Å²) in [7, 11) is 0. The van der Waals surface area contributed by atoms with Crippen LogP contribution in [0.2, 0.25) is 0 Å². The van der Waals surface area contributed by atoms with Crippen molar-refractivity contribution in [3.63, 3.8) is 0 Å². The molecule has 1 aromatic rings. The number of rotatable bonds is 8. The van der Waals surface area contributed by atoms with Gasteiger partial charge in [-0.2, -0.15) is 0 Å². The van der Waals surface area contributed by atoms with Gasteiger partial charge in [0.1, 0.15) is 0 Å². The van der Waals surface area contributed by atoms with Crippen LogP contribution in [-0.4, -0.2) is 35.5 Å². The highest BCUT2D eigenvalue weighted by atomic mass is 16.4. The van der Waals surface area contributed by atoms with Gasteiger partial charge in [0, 0.05) is 24.6 Å². The highest BCUT2D eigenvalue weighted by Gasteiger charge is 2.10. The highest BCUT2D eigenvalue weighted by Crippen LogP contribution is 1.98. The summed E-state index contributed by atoms with van der Waals surface area (Å²) in [4.78, 5) is 33.7. The molecule has 1 unspecified atom stereocenters. The van der Waals surface area contributed by atoms with Crippen LogP contribution in [0.15, 0.2) is 30.3 Å². The number of aliphatic carboxylic acids is 1. The molecular weight excluding hydrogens is 272 g/mol. The number of carbonyl (C=O) groups is 3. The van der Waals surface area contributed by atoms with Crippen molar-refractivity contribution >= 4 is 17.8 Å². The number of carboxylic acid groups (broad SMARTS) is 1. The molecule has 0 spiro atoms. The lowest BCUT2D eigenvalue weighted by Gasteiger charge is -2.11. The van der Waals surface area contributed by atoms with E-state index in [1.54, 1.807) is 31.2 Å². The number of hydrogen-bond donors (Lipinski definition) is 3. The van der Waals surface area contributed by atoms with Crippen LogP contribution in [0.4, 0.5) is 0 Å². The maximum absolute atomic E-state index is 11.7. The Labute approximate surface area is 123 Å². The van der Waals surface area contributed by atoms with Crippen molar-refractivity contribution in [2.24, 2.45) is 0 Å². The fourth-order valence-electron chi connectivity index (χ4n) is 1.80. The second-order valence-electron chi connectivity index (χ2n) is 4.79. The van der Waals surface area contributed by atoms with E-state index in [0.29, 0.717) is 18.5 Å². The summed E-state index contributed by atoms with van der Waals surface area (Å²) in [5, 5.41) is 13.9. The van der Waals surface area contributed by atoms with E-state index < -0.39 is 12.0 Å². The molecule has 0 bridgehead atoms. The lowest BCUT2D eigenvalue weighted by atomic mass is 10.2. The Balaban J connectivity index is 2.18. The van der Waals surface area contributed by atoms with Gasteiger partial charge in [-0.25, -0.2) is 0 Å². The zero-order valence-corrected chi connectivity index (χ0v) is 12.0. The minimum absolute atomic E-state index is 0.101. The Kier molecular flexibility index (Phi) is 6.94. The molecule has 0 aliphatic carbocycles. The third-order valence-corrected chi connectivity index (χ3v) is 2.79. The first kappa shape index (κ1) is 16.7. The Morgan fingerprint density at radius 1 is 1.19 bits per heavy atom. The largest absolute Gasteiger partial charge is 0.481 e. The molecule has 0 saturated heterocycles. The van der Waals surface area contributed by atoms with Gasteiger partial charge in [-0.05, 0) is 25.5 Å². The third-order valence-electron chi connectivity index (χ3n) is 2.79. The molecule has 6 heteroatoms. The number of amides is 2. The van der Waals surface area contributed by atoms with Gasteiger partial charge in [-0.3, -0.25) is 14.4 Å². The van der Waals surface area contributed by atoms with Crippen LogP contribution in [0.5, 0.6) is 0 Å². The maximum Gasteiger partial charge on any atom is 0.305 e. The molecule has 0 aromatic heterocycles. The quantitative estimate of drug-likeness (QED) is 0.627. The first-order valence-electron chi connectivity index (χ1n) is 6.83. The number of benzene rings is 1. The molecule has 0 aliphatic rings. The molecule has 0 fully saturated rings. The topological polar surface area (TPSA) is 95.5 Å². The van der Waals surface area contributed by atoms with Gasteiger partial charge in [0.15, 0.2) is 0 Å². The second kappa shape index (κ2) is 8.73. The average Bonchev–Trinajstić information content (AvgIpc) is 2.43. The minimum Gasteiger partial charge on any atom is -0.481 e. The van der Waals surface area contributed by atoms with E-state index in [2.05, 4.69) is 10.6 Å². The zero-order chi connectivity index (χ0) is 15.7. The Morgan fingerprint density at radius 2 is 1.86 bits per heavy atom. The third kappa shape index (κ3) is 7.10. The fourth-order valence-corrected chi connectivity index (χ4v) is 1.80. The number of nitrogens with one attached hydrogen (secondary N) is 2. The van der Waals surface area contributed by atoms with Gasteiger partial charge in [-0.1, -0.05) is 18.2 Å². The average molecular weight is 292 g/mol. The van der Waals surface area contributed by atoms with E-state index in [1.165, 1.54) is 0 Å². The van der Waals surface area contributed by atoms with Gasteiger partial charge in [0.05, 0.1) is 6.42 Å². The summed E-state index contributed by atoms with van der Waals surface area (Å²) in [5.74, 6) is -1.33. The molecule has 1 aromatic carbocycles. The van der Waals surface area contributed by atoms with Crippen LogP contribution >= 0.6 is 0 Å². The smallest absolute Gasteiger partial charge is 0.305 e. The van der Waals surface area contributed by atoms with Crippen molar-refractivity contribution < 1.29 is 19.5 Å². The van der Waals surface area contributed by atoms with Gasteiger partial charge < -0.3 is 15.7 Å². The number of carboxylic acids is 1. The standard InChI is InChI=1S/C15H20N2O4/c1-11(10-14(19)20)17-13(18)8-5-9-16-15(21)12-6-3-2-4-7-12/h2-4,6-7,11H,5,8-10H2,1H3,(H,16,21)(H,17,18)(H,19,20). The van der Waals surface area contributed by atoms with Gasteiger partial charge in [0.25, 0.3) is 5.91 Å². The first-order chi connectivity index (χ1) is 9.99. The Bertz CT molecular complexity index is 488. The number of carbonyl (C=O) groups excluding carboxylic acids is 2. The Hall–Kier alpha value is -2.37. The summed E-state index contributed by atoms with van der Waals surface area (Å²) in [6.45, 7) is 2.04. The lowest BCUT2D eigenvalue weighted by Crippen LogP contribution is -2.34. The van der Waals surface area contributed by atoms with Gasteiger partial charge in [0.2, 0.25) is 5.91 Å². The lowest BCUT2D eigenvalue weighted by molar-refractivity contribution is -0.137. The molecule has 0 radical (unpaired) electrons. The van der Waals surface area contributed by atoms with Crippen LogP contribution in [0.25, 0.3) is 0 Å². The predicted molar refractivity (Wildman–Crippen MR) is 77.9 cm³/mol. The molecule has 2 amide bonds. The van der Waals surface area contributed by atoms with E-state index in [-0.39, 0.29) is 24.7 Å². The zero-order valence-electron chi connectivity index (χ0n) is 12.0. The summed E-state index contributed by atoms with van der Waals surface area (Å²) in [5.41, 5.74) is 0.581. The summed E-state index contributed by atoms with van der Waals surface area (Å²) in [6, 6.07) is 8.44. The molecule has 6 nitrogen and oxygen atoms in total. The number of hydrogen-bond acceptors (Lipinski definition) is 3. The van der Waals surface area contributed by atoms with Gasteiger partial charge >= 0.3 is 5.97 Å².